The monoisotopic (exact) mass is 444 g/mol. The molecule has 0 aliphatic carbocycles. The first-order valence-electron chi connectivity index (χ1n) is 10.7. The lowest BCUT2D eigenvalue weighted by molar-refractivity contribution is 1.69. The summed E-state index contributed by atoms with van der Waals surface area (Å²) >= 11 is 3.67. The highest BCUT2D eigenvalue weighted by Gasteiger charge is 2.00. The Balaban J connectivity index is 1.23. The summed E-state index contributed by atoms with van der Waals surface area (Å²) in [7, 11) is 0. The first-order valence-corrected chi connectivity index (χ1v) is 12.3. The van der Waals surface area contributed by atoms with Gasteiger partial charge in [0.15, 0.2) is 0 Å². The molecule has 0 nitrogen and oxygen atoms in total. The zero-order chi connectivity index (χ0) is 21.3. The third-order valence-electron chi connectivity index (χ3n) is 5.66. The average Bonchev–Trinajstić information content (AvgIpc) is 3.44. The van der Waals surface area contributed by atoms with Crippen LogP contribution in [0.3, 0.4) is 0 Å². The van der Waals surface area contributed by atoms with E-state index < -0.39 is 0 Å². The Labute approximate surface area is 195 Å². The molecule has 0 spiro atoms. The molecule has 2 heterocycles. The third kappa shape index (κ3) is 3.91. The summed E-state index contributed by atoms with van der Waals surface area (Å²) in [6.45, 7) is 0. The molecule has 0 N–H and O–H groups in total. The van der Waals surface area contributed by atoms with Gasteiger partial charge in [-0.15, -0.1) is 22.7 Å². The van der Waals surface area contributed by atoms with Crippen molar-refractivity contribution < 1.29 is 0 Å². The van der Waals surface area contributed by atoms with E-state index in [-0.39, 0.29) is 0 Å². The van der Waals surface area contributed by atoms with Gasteiger partial charge in [0.1, 0.15) is 0 Å². The predicted molar refractivity (Wildman–Crippen MR) is 145 cm³/mol. The third-order valence-corrected chi connectivity index (χ3v) is 7.82. The Morgan fingerprint density at radius 1 is 0.406 bits per heavy atom. The maximum Gasteiger partial charge on any atom is 0.0349 e. The van der Waals surface area contributed by atoms with Crippen LogP contribution in [0, 0.1) is 0 Å². The molecular formula is C30H20S2. The average molecular weight is 445 g/mol. The molecule has 2 heteroatoms. The van der Waals surface area contributed by atoms with Crippen LogP contribution in [-0.4, -0.2) is 0 Å². The Morgan fingerprint density at radius 3 is 1.34 bits per heavy atom. The van der Waals surface area contributed by atoms with Gasteiger partial charge in [-0.1, -0.05) is 72.8 Å². The summed E-state index contributed by atoms with van der Waals surface area (Å²) in [5.74, 6) is 0. The summed E-state index contributed by atoms with van der Waals surface area (Å²) in [4.78, 5) is 2.57. The van der Waals surface area contributed by atoms with E-state index >= 15 is 0 Å². The molecule has 0 saturated heterocycles. The first kappa shape index (κ1) is 19.2. The highest BCUT2D eigenvalue weighted by Crippen LogP contribution is 2.29. The normalized spacial score (nSPS) is 12.1. The predicted octanol–water partition coefficient (Wildman–Crippen LogP) is 9.61. The van der Waals surface area contributed by atoms with Gasteiger partial charge in [0, 0.05) is 19.2 Å². The number of hydrogen-bond acceptors (Lipinski definition) is 2. The molecule has 0 atom stereocenters. The molecule has 0 saturated carbocycles. The Kier molecular flexibility index (Phi) is 4.95. The fraction of sp³-hybridized carbons (Fsp3) is 0. The largest absolute Gasteiger partial charge is 0.136 e. The van der Waals surface area contributed by atoms with Crippen molar-refractivity contribution in [3.05, 3.63) is 118 Å². The maximum atomic E-state index is 2.26. The van der Waals surface area contributed by atoms with E-state index in [1.165, 1.54) is 51.8 Å². The first-order chi connectivity index (χ1) is 15.8. The lowest BCUT2D eigenvalue weighted by Gasteiger charge is -2.02. The minimum Gasteiger partial charge on any atom is -0.136 e. The minimum atomic E-state index is 1.23. The van der Waals surface area contributed by atoms with Crippen LogP contribution in [0.15, 0.2) is 97.1 Å². The SMILES string of the molecule is C(=Cc1cc2ccccc2s1)c1ccc2cc(C=Cc3cc4ccccc4s3)ccc2c1. The van der Waals surface area contributed by atoms with Crippen molar-refractivity contribution in [3.63, 3.8) is 0 Å². The van der Waals surface area contributed by atoms with Crippen LogP contribution in [-0.2, 0) is 0 Å². The molecule has 4 aromatic carbocycles. The maximum absolute atomic E-state index is 2.26. The van der Waals surface area contributed by atoms with Gasteiger partial charge < -0.3 is 0 Å². The topological polar surface area (TPSA) is 0 Å². The molecule has 0 radical (unpaired) electrons. The molecule has 0 aliphatic rings. The van der Waals surface area contributed by atoms with Crippen molar-refractivity contribution in [1.29, 1.82) is 0 Å². The highest BCUT2D eigenvalue weighted by molar-refractivity contribution is 7.20. The molecular weight excluding hydrogens is 424 g/mol. The quantitative estimate of drug-likeness (QED) is 0.254. The zero-order valence-corrected chi connectivity index (χ0v) is 19.0. The number of hydrogen-bond donors (Lipinski definition) is 0. The molecule has 0 unspecified atom stereocenters. The van der Waals surface area contributed by atoms with Gasteiger partial charge in [-0.2, -0.15) is 0 Å². The van der Waals surface area contributed by atoms with E-state index in [0.29, 0.717) is 0 Å². The molecule has 0 fully saturated rings. The van der Waals surface area contributed by atoms with Crippen molar-refractivity contribution in [3.8, 4) is 0 Å². The van der Waals surface area contributed by atoms with Crippen LogP contribution in [0.5, 0.6) is 0 Å². The van der Waals surface area contributed by atoms with Gasteiger partial charge in [0.25, 0.3) is 0 Å². The van der Waals surface area contributed by atoms with E-state index in [9.17, 15) is 0 Å². The van der Waals surface area contributed by atoms with Gasteiger partial charge in [-0.05, 0) is 81.2 Å². The Morgan fingerprint density at radius 2 is 0.875 bits per heavy atom. The lowest BCUT2D eigenvalue weighted by Crippen LogP contribution is -1.78. The molecule has 2 aromatic heterocycles. The van der Waals surface area contributed by atoms with E-state index in [1.54, 1.807) is 0 Å². The molecule has 6 aromatic rings. The second-order valence-electron chi connectivity index (χ2n) is 7.91. The van der Waals surface area contributed by atoms with Crippen LogP contribution in [0.2, 0.25) is 0 Å². The fourth-order valence-corrected chi connectivity index (χ4v) is 5.95. The molecule has 152 valence electrons. The van der Waals surface area contributed by atoms with Gasteiger partial charge >= 0.3 is 0 Å². The van der Waals surface area contributed by atoms with Crippen molar-refractivity contribution in [2.24, 2.45) is 0 Å². The van der Waals surface area contributed by atoms with E-state index in [0.717, 1.165) is 0 Å². The van der Waals surface area contributed by atoms with Crippen LogP contribution in [0.25, 0.3) is 55.2 Å². The lowest BCUT2D eigenvalue weighted by atomic mass is 10.0. The molecule has 0 aliphatic heterocycles. The fourth-order valence-electron chi connectivity index (χ4n) is 4.02. The Bertz CT molecular complexity index is 1440. The second-order valence-corrected chi connectivity index (χ2v) is 10.1. The van der Waals surface area contributed by atoms with Gasteiger partial charge in [0.2, 0.25) is 0 Å². The number of rotatable bonds is 4. The molecule has 0 amide bonds. The summed E-state index contributed by atoms with van der Waals surface area (Å²) in [5.41, 5.74) is 2.45. The van der Waals surface area contributed by atoms with E-state index in [1.807, 2.05) is 22.7 Å². The molecule has 6 rings (SSSR count). The van der Waals surface area contributed by atoms with Crippen LogP contribution in [0.4, 0.5) is 0 Å². The van der Waals surface area contributed by atoms with E-state index in [4.69, 9.17) is 0 Å². The Hall–Kier alpha value is -3.46. The minimum absolute atomic E-state index is 1.23. The number of thiophene rings is 2. The zero-order valence-electron chi connectivity index (χ0n) is 17.4. The standard InChI is InChI=1S/C30H20S2/c1-3-7-29-25(5-1)19-27(31-29)15-11-21-9-13-24-18-22(10-14-23(24)17-21)12-16-28-20-26-6-2-4-8-30(26)32-28/h1-20H. The van der Waals surface area contributed by atoms with Crippen LogP contribution >= 0.6 is 22.7 Å². The highest BCUT2D eigenvalue weighted by atomic mass is 32.1. The summed E-state index contributed by atoms with van der Waals surface area (Å²) in [6.07, 6.45) is 8.85. The van der Waals surface area contributed by atoms with Crippen molar-refractivity contribution >= 4 is 77.9 Å². The number of benzene rings is 4. The molecule has 32 heavy (non-hydrogen) atoms. The number of fused-ring (bicyclic) bond motifs is 3. The van der Waals surface area contributed by atoms with Crippen molar-refractivity contribution in [1.82, 2.24) is 0 Å². The smallest absolute Gasteiger partial charge is 0.0349 e. The summed E-state index contributed by atoms with van der Waals surface area (Å²) < 4.78 is 2.67. The van der Waals surface area contributed by atoms with Crippen molar-refractivity contribution in [2.45, 2.75) is 0 Å². The van der Waals surface area contributed by atoms with Gasteiger partial charge in [0.05, 0.1) is 0 Å². The van der Waals surface area contributed by atoms with Gasteiger partial charge in [-0.3, -0.25) is 0 Å². The van der Waals surface area contributed by atoms with Gasteiger partial charge in [-0.25, -0.2) is 0 Å². The summed E-state index contributed by atoms with van der Waals surface area (Å²) in [6, 6.07) is 35.0. The summed E-state index contributed by atoms with van der Waals surface area (Å²) in [5, 5.41) is 5.16. The van der Waals surface area contributed by atoms with Crippen LogP contribution in [0.1, 0.15) is 20.9 Å². The molecule has 0 bridgehead atoms. The second kappa shape index (κ2) is 8.23. The van der Waals surface area contributed by atoms with E-state index in [2.05, 4.69) is 121 Å². The van der Waals surface area contributed by atoms with Crippen LogP contribution < -0.4 is 0 Å². The van der Waals surface area contributed by atoms with Crippen molar-refractivity contribution in [2.75, 3.05) is 0 Å².